The van der Waals surface area contributed by atoms with E-state index in [0.29, 0.717) is 12.2 Å². The van der Waals surface area contributed by atoms with Crippen LogP contribution in [0.25, 0.3) is 0 Å². The minimum Gasteiger partial charge on any atom is -0.463 e. The summed E-state index contributed by atoms with van der Waals surface area (Å²) in [4.78, 5) is 13.9. The van der Waals surface area contributed by atoms with E-state index in [9.17, 15) is 4.79 Å². The third-order valence-electron chi connectivity index (χ3n) is 3.23. The van der Waals surface area contributed by atoms with Crippen molar-refractivity contribution in [3.63, 3.8) is 0 Å². The van der Waals surface area contributed by atoms with Crippen LogP contribution in [-0.2, 0) is 9.53 Å². The van der Waals surface area contributed by atoms with E-state index in [1.54, 1.807) is 6.92 Å². The summed E-state index contributed by atoms with van der Waals surface area (Å²) < 4.78 is 4.97. The molecule has 21 heavy (non-hydrogen) atoms. The molecule has 0 aromatic heterocycles. The van der Waals surface area contributed by atoms with Gasteiger partial charge in [0, 0.05) is 30.9 Å². The van der Waals surface area contributed by atoms with Gasteiger partial charge in [-0.2, -0.15) is 0 Å². The van der Waals surface area contributed by atoms with Gasteiger partial charge in [0.05, 0.1) is 6.61 Å². The van der Waals surface area contributed by atoms with Crippen LogP contribution in [0.3, 0.4) is 0 Å². The highest BCUT2D eigenvalue weighted by molar-refractivity contribution is 5.88. The highest BCUT2D eigenvalue weighted by Gasteiger charge is 2.10. The van der Waals surface area contributed by atoms with Gasteiger partial charge in [0.1, 0.15) is 0 Å². The SMILES string of the molecule is C=C.CCOC(=O)/C(C)=C/C=C(\CC)N1CCCNCC1. The first-order valence-electron chi connectivity index (χ1n) is 7.69. The fourth-order valence-corrected chi connectivity index (χ4v) is 2.11. The lowest BCUT2D eigenvalue weighted by Gasteiger charge is -2.24. The molecule has 1 rings (SSSR count). The first kappa shape index (κ1) is 19.4. The summed E-state index contributed by atoms with van der Waals surface area (Å²) in [6, 6.07) is 0. The number of nitrogens with one attached hydrogen (secondary N) is 1. The van der Waals surface area contributed by atoms with Gasteiger partial charge in [-0.05, 0) is 39.3 Å². The van der Waals surface area contributed by atoms with Crippen LogP contribution >= 0.6 is 0 Å². The number of rotatable bonds is 5. The van der Waals surface area contributed by atoms with Gasteiger partial charge in [0.25, 0.3) is 0 Å². The molecule has 0 bridgehead atoms. The van der Waals surface area contributed by atoms with E-state index in [-0.39, 0.29) is 5.97 Å². The maximum atomic E-state index is 11.5. The Hall–Kier alpha value is -1.55. The number of nitrogens with zero attached hydrogens (tertiary/aromatic N) is 1. The zero-order chi connectivity index (χ0) is 16.1. The molecular formula is C17H30N2O2. The Bertz CT molecular complexity index is 354. The van der Waals surface area contributed by atoms with Crippen LogP contribution in [-0.4, -0.2) is 43.7 Å². The first-order valence-corrected chi connectivity index (χ1v) is 7.69. The fraction of sp³-hybridized carbons (Fsp3) is 0.588. The molecule has 1 saturated heterocycles. The second kappa shape index (κ2) is 12.2. The molecule has 0 spiro atoms. The molecule has 4 heteroatoms. The molecule has 0 aromatic carbocycles. The number of ether oxygens (including phenoxy) is 1. The quantitative estimate of drug-likeness (QED) is 0.366. The van der Waals surface area contributed by atoms with Gasteiger partial charge in [-0.25, -0.2) is 4.79 Å². The molecule has 4 nitrogen and oxygen atoms in total. The number of carbonyl (C=O) groups excluding carboxylic acids is 1. The number of carbonyl (C=O) groups is 1. The summed E-state index contributed by atoms with van der Waals surface area (Å²) in [7, 11) is 0. The average molecular weight is 294 g/mol. The Morgan fingerprint density at radius 3 is 2.57 bits per heavy atom. The summed E-state index contributed by atoms with van der Waals surface area (Å²) >= 11 is 0. The summed E-state index contributed by atoms with van der Waals surface area (Å²) in [5.41, 5.74) is 1.94. The number of allylic oxidation sites excluding steroid dienone is 3. The number of esters is 1. The summed E-state index contributed by atoms with van der Waals surface area (Å²) in [6.07, 6.45) is 6.07. The van der Waals surface area contributed by atoms with Crippen LogP contribution in [0.1, 0.15) is 33.6 Å². The van der Waals surface area contributed by atoms with Crippen LogP contribution in [0.15, 0.2) is 36.6 Å². The lowest BCUT2D eigenvalue weighted by Crippen LogP contribution is -2.27. The van der Waals surface area contributed by atoms with E-state index < -0.39 is 0 Å². The molecule has 0 saturated carbocycles. The Labute approximate surface area is 129 Å². The van der Waals surface area contributed by atoms with Crippen molar-refractivity contribution in [3.8, 4) is 0 Å². The highest BCUT2D eigenvalue weighted by atomic mass is 16.5. The Morgan fingerprint density at radius 1 is 1.24 bits per heavy atom. The molecule has 0 radical (unpaired) electrons. The molecule has 1 aliphatic heterocycles. The molecule has 0 aromatic rings. The lowest BCUT2D eigenvalue weighted by atomic mass is 10.2. The lowest BCUT2D eigenvalue weighted by molar-refractivity contribution is -0.138. The number of hydrogen-bond acceptors (Lipinski definition) is 4. The average Bonchev–Trinajstić information content (AvgIpc) is 2.79. The van der Waals surface area contributed by atoms with E-state index in [1.165, 1.54) is 5.70 Å². The van der Waals surface area contributed by atoms with Crippen molar-refractivity contribution >= 4 is 5.97 Å². The van der Waals surface area contributed by atoms with Gasteiger partial charge < -0.3 is 15.0 Å². The van der Waals surface area contributed by atoms with Crippen molar-refractivity contribution in [1.29, 1.82) is 0 Å². The first-order chi connectivity index (χ1) is 10.2. The minimum absolute atomic E-state index is 0.230. The smallest absolute Gasteiger partial charge is 0.333 e. The number of hydrogen-bond donors (Lipinski definition) is 1. The van der Waals surface area contributed by atoms with Gasteiger partial charge in [-0.1, -0.05) is 13.0 Å². The Morgan fingerprint density at radius 2 is 1.95 bits per heavy atom. The normalized spacial score (nSPS) is 16.6. The second-order valence-corrected chi connectivity index (χ2v) is 4.67. The van der Waals surface area contributed by atoms with Crippen molar-refractivity contribution in [2.75, 3.05) is 32.8 Å². The topological polar surface area (TPSA) is 41.6 Å². The summed E-state index contributed by atoms with van der Waals surface area (Å²) in [6.45, 7) is 16.4. The zero-order valence-electron chi connectivity index (χ0n) is 13.8. The van der Waals surface area contributed by atoms with Crippen molar-refractivity contribution in [3.05, 3.63) is 36.6 Å². The highest BCUT2D eigenvalue weighted by Crippen LogP contribution is 2.12. The van der Waals surface area contributed by atoms with Crippen LogP contribution in [0, 0.1) is 0 Å². The molecular weight excluding hydrogens is 264 g/mol. The second-order valence-electron chi connectivity index (χ2n) is 4.67. The summed E-state index contributed by atoms with van der Waals surface area (Å²) in [5, 5.41) is 3.40. The van der Waals surface area contributed by atoms with Gasteiger partial charge in [0.2, 0.25) is 0 Å². The Kier molecular flexibility index (Phi) is 11.3. The van der Waals surface area contributed by atoms with Gasteiger partial charge in [-0.3, -0.25) is 0 Å². The molecule has 1 heterocycles. The predicted molar refractivity (Wildman–Crippen MR) is 89.1 cm³/mol. The van der Waals surface area contributed by atoms with Gasteiger partial charge in [0.15, 0.2) is 0 Å². The third-order valence-corrected chi connectivity index (χ3v) is 3.23. The van der Waals surface area contributed by atoms with E-state index in [2.05, 4.69) is 36.4 Å². The molecule has 1 aliphatic rings. The van der Waals surface area contributed by atoms with Crippen LogP contribution in [0.4, 0.5) is 0 Å². The van der Waals surface area contributed by atoms with Gasteiger partial charge >= 0.3 is 5.97 Å². The van der Waals surface area contributed by atoms with E-state index in [4.69, 9.17) is 4.74 Å². The molecule has 1 N–H and O–H groups in total. The van der Waals surface area contributed by atoms with Crippen molar-refractivity contribution < 1.29 is 9.53 Å². The van der Waals surface area contributed by atoms with Crippen LogP contribution < -0.4 is 5.32 Å². The van der Waals surface area contributed by atoms with E-state index >= 15 is 0 Å². The predicted octanol–water partition coefficient (Wildman–Crippen LogP) is 2.89. The monoisotopic (exact) mass is 294 g/mol. The molecule has 0 amide bonds. The van der Waals surface area contributed by atoms with Crippen molar-refractivity contribution in [2.45, 2.75) is 33.6 Å². The van der Waals surface area contributed by atoms with Gasteiger partial charge in [-0.15, -0.1) is 13.2 Å². The summed E-state index contributed by atoms with van der Waals surface area (Å²) in [5.74, 6) is -0.230. The third kappa shape index (κ3) is 7.71. The largest absolute Gasteiger partial charge is 0.463 e. The molecule has 0 atom stereocenters. The molecule has 0 unspecified atom stereocenters. The molecule has 120 valence electrons. The maximum absolute atomic E-state index is 11.5. The van der Waals surface area contributed by atoms with E-state index in [1.807, 2.05) is 13.0 Å². The van der Waals surface area contributed by atoms with Crippen molar-refractivity contribution in [2.24, 2.45) is 0 Å². The van der Waals surface area contributed by atoms with E-state index in [0.717, 1.165) is 39.0 Å². The Balaban J connectivity index is 0.00000191. The van der Waals surface area contributed by atoms with Crippen LogP contribution in [0.2, 0.25) is 0 Å². The maximum Gasteiger partial charge on any atom is 0.333 e. The fourth-order valence-electron chi connectivity index (χ4n) is 2.11. The minimum atomic E-state index is -0.230. The standard InChI is InChI=1S/C15H26N2O2.C2H4/c1-4-14(17-11-6-9-16-10-12-17)8-7-13(3)15(18)19-5-2;1-2/h7-8,16H,4-6,9-12H2,1-3H3;1-2H2/b13-7+,14-8+;. The zero-order valence-corrected chi connectivity index (χ0v) is 13.8. The molecule has 0 aliphatic carbocycles. The molecule has 1 fully saturated rings. The van der Waals surface area contributed by atoms with Crippen molar-refractivity contribution in [1.82, 2.24) is 10.2 Å². The van der Waals surface area contributed by atoms with Crippen LogP contribution in [0.5, 0.6) is 0 Å².